The summed E-state index contributed by atoms with van der Waals surface area (Å²) in [5.74, 6) is 0. The van der Waals surface area contributed by atoms with Gasteiger partial charge in [-0.1, -0.05) is 30.7 Å². The Morgan fingerprint density at radius 3 is 2.43 bits per heavy atom. The quantitative estimate of drug-likeness (QED) is 0.875. The molecule has 0 bridgehead atoms. The number of hydrogen-bond acceptors (Lipinski definition) is 2. The third-order valence-corrected chi connectivity index (χ3v) is 4.32. The molecule has 0 fully saturated rings. The molecule has 1 N–H and O–H groups in total. The summed E-state index contributed by atoms with van der Waals surface area (Å²) in [5, 5.41) is 8.85. The Bertz CT molecular complexity index is 587. The minimum atomic E-state index is 0.353. The van der Waals surface area contributed by atoms with Gasteiger partial charge in [0.2, 0.25) is 0 Å². The third-order valence-electron chi connectivity index (χ3n) is 4.06. The molecule has 21 heavy (non-hydrogen) atoms. The molecule has 0 saturated carbocycles. The lowest BCUT2D eigenvalue weighted by Crippen LogP contribution is -2.21. The molecule has 1 aromatic heterocycles. The fraction of sp³-hybridized carbons (Fsp3) is 0.471. The number of nitrogens with zero attached hydrogens (tertiary/aromatic N) is 2. The van der Waals surface area contributed by atoms with Crippen molar-refractivity contribution < 1.29 is 0 Å². The first kappa shape index (κ1) is 16.1. The summed E-state index contributed by atoms with van der Waals surface area (Å²) in [4.78, 5) is 0. The Kier molecular flexibility index (Phi) is 5.43. The van der Waals surface area contributed by atoms with Gasteiger partial charge in [-0.15, -0.1) is 0 Å². The fourth-order valence-corrected chi connectivity index (χ4v) is 2.92. The van der Waals surface area contributed by atoms with Crippen LogP contribution >= 0.6 is 11.6 Å². The molecule has 4 heteroatoms. The fourth-order valence-electron chi connectivity index (χ4n) is 2.80. The molecule has 0 saturated heterocycles. The Balaban J connectivity index is 2.11. The number of halogens is 1. The van der Waals surface area contributed by atoms with E-state index in [0.29, 0.717) is 6.04 Å². The maximum Gasteiger partial charge on any atom is 0.0628 e. The minimum absolute atomic E-state index is 0.353. The highest BCUT2D eigenvalue weighted by Gasteiger charge is 2.14. The Labute approximate surface area is 132 Å². The van der Waals surface area contributed by atoms with Crippen LogP contribution in [0.5, 0.6) is 0 Å². The van der Waals surface area contributed by atoms with E-state index in [1.807, 2.05) is 23.9 Å². The van der Waals surface area contributed by atoms with E-state index in [4.69, 9.17) is 11.6 Å². The van der Waals surface area contributed by atoms with Gasteiger partial charge in [-0.2, -0.15) is 5.10 Å². The van der Waals surface area contributed by atoms with E-state index >= 15 is 0 Å². The van der Waals surface area contributed by atoms with Crippen molar-refractivity contribution in [1.82, 2.24) is 15.1 Å². The molecular formula is C17H24ClN3. The number of hydrogen-bond donors (Lipinski definition) is 1. The number of aromatic nitrogens is 2. The second kappa shape index (κ2) is 7.10. The smallest absolute Gasteiger partial charge is 0.0628 e. The first-order valence-corrected chi connectivity index (χ1v) is 7.88. The predicted molar refractivity (Wildman–Crippen MR) is 88.9 cm³/mol. The van der Waals surface area contributed by atoms with E-state index in [0.717, 1.165) is 30.1 Å². The Morgan fingerprint density at radius 2 is 1.90 bits per heavy atom. The predicted octanol–water partition coefficient (Wildman–Crippen LogP) is 3.97. The molecular weight excluding hydrogens is 282 g/mol. The molecule has 0 aliphatic rings. The number of aryl methyl sites for hydroxylation is 2. The van der Waals surface area contributed by atoms with Crippen LogP contribution in [-0.2, 0) is 13.5 Å². The average Bonchev–Trinajstić information content (AvgIpc) is 2.70. The van der Waals surface area contributed by atoms with E-state index in [1.54, 1.807) is 0 Å². The zero-order chi connectivity index (χ0) is 15.4. The van der Waals surface area contributed by atoms with E-state index in [9.17, 15) is 0 Å². The van der Waals surface area contributed by atoms with E-state index in [-0.39, 0.29) is 0 Å². The molecule has 3 nitrogen and oxygen atoms in total. The molecule has 0 spiro atoms. The van der Waals surface area contributed by atoms with Crippen molar-refractivity contribution in [2.24, 2.45) is 7.05 Å². The normalized spacial score (nSPS) is 12.6. The second-order valence-corrected chi connectivity index (χ2v) is 5.91. The summed E-state index contributed by atoms with van der Waals surface area (Å²) in [7, 11) is 2.01. The lowest BCUT2D eigenvalue weighted by atomic mass is 9.98. The molecule has 1 unspecified atom stereocenters. The minimum Gasteiger partial charge on any atom is -0.310 e. The van der Waals surface area contributed by atoms with Crippen molar-refractivity contribution in [3.05, 3.63) is 51.8 Å². The van der Waals surface area contributed by atoms with Crippen molar-refractivity contribution in [3.8, 4) is 0 Å². The van der Waals surface area contributed by atoms with Gasteiger partial charge in [0.1, 0.15) is 0 Å². The summed E-state index contributed by atoms with van der Waals surface area (Å²) in [6.07, 6.45) is 2.09. The summed E-state index contributed by atoms with van der Waals surface area (Å²) >= 11 is 5.98. The maximum atomic E-state index is 5.98. The highest BCUT2D eigenvalue weighted by atomic mass is 35.5. The van der Waals surface area contributed by atoms with Crippen LogP contribution in [0.15, 0.2) is 24.3 Å². The number of benzene rings is 1. The van der Waals surface area contributed by atoms with Crippen LogP contribution in [0.25, 0.3) is 0 Å². The lowest BCUT2D eigenvalue weighted by molar-refractivity contribution is 0.514. The van der Waals surface area contributed by atoms with Crippen LogP contribution in [0.1, 0.15) is 41.9 Å². The van der Waals surface area contributed by atoms with Crippen LogP contribution in [0.3, 0.4) is 0 Å². The molecule has 0 aliphatic heterocycles. The first-order valence-electron chi connectivity index (χ1n) is 7.50. The molecule has 1 aromatic carbocycles. The molecule has 1 heterocycles. The van der Waals surface area contributed by atoms with Crippen molar-refractivity contribution in [2.45, 2.75) is 39.7 Å². The van der Waals surface area contributed by atoms with Gasteiger partial charge in [0.15, 0.2) is 0 Å². The monoisotopic (exact) mass is 305 g/mol. The topological polar surface area (TPSA) is 29.9 Å². The number of nitrogens with one attached hydrogen (secondary N) is 1. The highest BCUT2D eigenvalue weighted by Crippen LogP contribution is 2.23. The molecule has 0 radical (unpaired) electrons. The molecule has 114 valence electrons. The zero-order valence-electron chi connectivity index (χ0n) is 13.3. The zero-order valence-corrected chi connectivity index (χ0v) is 14.0. The largest absolute Gasteiger partial charge is 0.310 e. The summed E-state index contributed by atoms with van der Waals surface area (Å²) in [5.41, 5.74) is 5.06. The third kappa shape index (κ3) is 3.86. The maximum absolute atomic E-state index is 5.98. The second-order valence-electron chi connectivity index (χ2n) is 5.47. The Hall–Kier alpha value is -1.32. The molecule has 2 aromatic rings. The van der Waals surface area contributed by atoms with Gasteiger partial charge in [0, 0.05) is 23.8 Å². The lowest BCUT2D eigenvalue weighted by Gasteiger charge is -2.18. The van der Waals surface area contributed by atoms with Gasteiger partial charge < -0.3 is 5.32 Å². The molecule has 2 rings (SSSR count). The van der Waals surface area contributed by atoms with E-state index in [1.165, 1.54) is 16.8 Å². The van der Waals surface area contributed by atoms with Crippen LogP contribution in [0, 0.1) is 13.8 Å². The Morgan fingerprint density at radius 1 is 1.24 bits per heavy atom. The van der Waals surface area contributed by atoms with E-state index in [2.05, 4.69) is 43.3 Å². The van der Waals surface area contributed by atoms with Crippen molar-refractivity contribution >= 4 is 11.6 Å². The standard InChI is InChI=1S/C17H24ClN3/c1-5-19-17(14-6-8-15(18)9-7-14)11-10-16-12(2)20-21(4)13(16)3/h6-9,17,19H,5,10-11H2,1-4H3. The van der Waals surface area contributed by atoms with Crippen LogP contribution < -0.4 is 5.32 Å². The van der Waals surface area contributed by atoms with Gasteiger partial charge in [-0.05, 0) is 56.5 Å². The first-order chi connectivity index (χ1) is 10.0. The van der Waals surface area contributed by atoms with Crippen molar-refractivity contribution in [1.29, 1.82) is 0 Å². The van der Waals surface area contributed by atoms with Gasteiger partial charge in [-0.3, -0.25) is 4.68 Å². The molecule has 0 aliphatic carbocycles. The summed E-state index contributed by atoms with van der Waals surface area (Å²) in [6.45, 7) is 7.33. The van der Waals surface area contributed by atoms with E-state index < -0.39 is 0 Å². The summed E-state index contributed by atoms with van der Waals surface area (Å²) < 4.78 is 1.97. The van der Waals surface area contributed by atoms with Crippen LogP contribution in [0.4, 0.5) is 0 Å². The summed E-state index contributed by atoms with van der Waals surface area (Å²) in [6, 6.07) is 8.49. The van der Waals surface area contributed by atoms with Crippen molar-refractivity contribution in [3.63, 3.8) is 0 Å². The van der Waals surface area contributed by atoms with Crippen LogP contribution in [0.2, 0.25) is 5.02 Å². The van der Waals surface area contributed by atoms with Crippen LogP contribution in [-0.4, -0.2) is 16.3 Å². The van der Waals surface area contributed by atoms with Gasteiger partial charge >= 0.3 is 0 Å². The number of rotatable bonds is 6. The SMILES string of the molecule is CCNC(CCc1c(C)nn(C)c1C)c1ccc(Cl)cc1. The van der Waals surface area contributed by atoms with Crippen molar-refractivity contribution in [2.75, 3.05) is 6.54 Å². The molecule has 1 atom stereocenters. The van der Waals surface area contributed by atoms with Gasteiger partial charge in [-0.25, -0.2) is 0 Å². The van der Waals surface area contributed by atoms with Gasteiger partial charge in [0.05, 0.1) is 5.69 Å². The highest BCUT2D eigenvalue weighted by molar-refractivity contribution is 6.30. The van der Waals surface area contributed by atoms with Gasteiger partial charge in [0.25, 0.3) is 0 Å². The molecule has 0 amide bonds. The average molecular weight is 306 g/mol.